The van der Waals surface area contributed by atoms with E-state index in [1.807, 2.05) is 30.3 Å². The average Bonchev–Trinajstić information content (AvgIpc) is 3.46. The Morgan fingerprint density at radius 1 is 1.05 bits per heavy atom. The first kappa shape index (κ1) is 33.8. The minimum atomic E-state index is -0.459. The van der Waals surface area contributed by atoms with Gasteiger partial charge in [0.15, 0.2) is 34.7 Å². The Hall–Kier alpha value is -3.68. The number of phenols is 2. The molecule has 2 aromatic carbocycles. The summed E-state index contributed by atoms with van der Waals surface area (Å²) in [7, 11) is 4.64. The van der Waals surface area contributed by atoms with Gasteiger partial charge in [0.25, 0.3) is 0 Å². The quantitative estimate of drug-likeness (QED) is 0.0756. The Bertz CT molecular complexity index is 1280. The summed E-state index contributed by atoms with van der Waals surface area (Å²) in [6.07, 6.45) is 12.3. The molecule has 3 rings (SSSR count). The maximum Gasteiger partial charge on any atom is 0.192 e. The van der Waals surface area contributed by atoms with E-state index in [-0.39, 0.29) is 29.2 Å². The standard InChI is InChI=1S/C35H51N3O5/c1-23(2)10-9-11-24(3)27(18-26-19-28(38-34(36)37-4)33(41)31(21-26)43-6)13-15-32(40)35(16-7-8-17-35)22-25-12-14-29(39)30(20-25)42-5/h12-15,19-21,23-24,27,39,41H,7-11,16-18,22H2,1-6H3,(H3,36,37,38)/b15-13+/t24-,27+/m1/s1. The van der Waals surface area contributed by atoms with E-state index in [0.717, 1.165) is 56.1 Å². The number of carbonyl (C=O) groups is 1. The van der Waals surface area contributed by atoms with E-state index >= 15 is 0 Å². The van der Waals surface area contributed by atoms with Crippen molar-refractivity contribution in [3.05, 3.63) is 53.6 Å². The number of methoxy groups -OCH3 is 2. The van der Waals surface area contributed by atoms with Gasteiger partial charge < -0.3 is 30.7 Å². The summed E-state index contributed by atoms with van der Waals surface area (Å²) in [5.41, 5.74) is 7.82. The molecule has 0 saturated heterocycles. The van der Waals surface area contributed by atoms with Gasteiger partial charge >= 0.3 is 0 Å². The van der Waals surface area contributed by atoms with Crippen LogP contribution in [0.2, 0.25) is 0 Å². The fourth-order valence-electron chi connectivity index (χ4n) is 6.19. The summed E-state index contributed by atoms with van der Waals surface area (Å²) in [5.74, 6) is 2.27. The predicted octanol–water partition coefficient (Wildman–Crippen LogP) is 7.02. The number of nitrogens with zero attached hydrogens (tertiary/aromatic N) is 1. The van der Waals surface area contributed by atoms with Crippen molar-refractivity contribution in [1.82, 2.24) is 0 Å². The highest BCUT2D eigenvalue weighted by Gasteiger charge is 2.39. The second kappa shape index (κ2) is 15.7. The molecule has 1 saturated carbocycles. The Labute approximate surface area is 257 Å². The number of hydrogen-bond donors (Lipinski definition) is 4. The zero-order valence-corrected chi connectivity index (χ0v) is 26.8. The second-order valence-electron chi connectivity index (χ2n) is 12.5. The van der Waals surface area contributed by atoms with Gasteiger partial charge in [-0.1, -0.05) is 65.0 Å². The third kappa shape index (κ3) is 9.15. The summed E-state index contributed by atoms with van der Waals surface area (Å²) in [5, 5.41) is 23.7. The lowest BCUT2D eigenvalue weighted by molar-refractivity contribution is -0.123. The zero-order valence-electron chi connectivity index (χ0n) is 26.8. The molecule has 0 spiro atoms. The second-order valence-corrected chi connectivity index (χ2v) is 12.5. The number of nitrogens with two attached hydrogens (primary N) is 1. The first-order chi connectivity index (χ1) is 20.5. The number of ether oxygens (including phenoxy) is 2. The SMILES string of the molecule is CN=C(N)Nc1cc(C[C@H](/C=C/C(=O)C2(Cc3ccc(O)c(OC)c3)CCCC2)[C@H](C)CCCC(C)C)cc(OC)c1O. The Morgan fingerprint density at radius 2 is 1.72 bits per heavy atom. The van der Waals surface area contributed by atoms with Crippen molar-refractivity contribution in [1.29, 1.82) is 0 Å². The van der Waals surface area contributed by atoms with Crippen LogP contribution in [0.15, 0.2) is 47.5 Å². The number of hydrogen-bond acceptors (Lipinski definition) is 6. The molecule has 0 aromatic heterocycles. The number of anilines is 1. The van der Waals surface area contributed by atoms with Crippen molar-refractivity contribution in [2.24, 2.45) is 33.9 Å². The third-order valence-corrected chi connectivity index (χ3v) is 8.87. The molecule has 0 amide bonds. The molecule has 0 heterocycles. The highest BCUT2D eigenvalue weighted by molar-refractivity contribution is 5.95. The van der Waals surface area contributed by atoms with E-state index in [4.69, 9.17) is 15.2 Å². The van der Waals surface area contributed by atoms with Gasteiger partial charge in [-0.25, -0.2) is 0 Å². The van der Waals surface area contributed by atoms with Crippen LogP contribution in [0.4, 0.5) is 5.69 Å². The molecule has 8 heteroatoms. The van der Waals surface area contributed by atoms with Crippen LogP contribution in [-0.4, -0.2) is 43.2 Å². The van der Waals surface area contributed by atoms with E-state index < -0.39 is 5.41 Å². The number of benzene rings is 2. The minimum absolute atomic E-state index is 0.0286. The average molecular weight is 594 g/mol. The van der Waals surface area contributed by atoms with Crippen molar-refractivity contribution in [3.8, 4) is 23.0 Å². The third-order valence-electron chi connectivity index (χ3n) is 8.87. The van der Waals surface area contributed by atoms with E-state index in [1.165, 1.54) is 14.2 Å². The summed E-state index contributed by atoms with van der Waals surface area (Å²) >= 11 is 0. The van der Waals surface area contributed by atoms with E-state index in [1.54, 1.807) is 13.1 Å². The lowest BCUT2D eigenvalue weighted by Gasteiger charge is -2.27. The summed E-state index contributed by atoms with van der Waals surface area (Å²) in [6.45, 7) is 6.74. The van der Waals surface area contributed by atoms with Crippen LogP contribution in [0.1, 0.15) is 76.8 Å². The van der Waals surface area contributed by atoms with Gasteiger partial charge in [0.05, 0.1) is 19.9 Å². The highest BCUT2D eigenvalue weighted by atomic mass is 16.5. The number of carbonyl (C=O) groups excluding carboxylic acids is 1. The number of rotatable bonds is 15. The van der Waals surface area contributed by atoms with Crippen LogP contribution in [0.5, 0.6) is 23.0 Å². The molecule has 1 aliphatic rings. The normalized spacial score (nSPS) is 16.4. The lowest BCUT2D eigenvalue weighted by atomic mass is 9.75. The van der Waals surface area contributed by atoms with Crippen molar-refractivity contribution >= 4 is 17.4 Å². The Balaban J connectivity index is 1.90. The Morgan fingerprint density at radius 3 is 2.35 bits per heavy atom. The van der Waals surface area contributed by atoms with Gasteiger partial charge in [-0.2, -0.15) is 0 Å². The van der Waals surface area contributed by atoms with Gasteiger partial charge in [0, 0.05) is 12.5 Å². The van der Waals surface area contributed by atoms with Crippen LogP contribution in [0.25, 0.3) is 0 Å². The number of aromatic hydroxyl groups is 2. The molecular formula is C35H51N3O5. The first-order valence-electron chi connectivity index (χ1n) is 15.5. The van der Waals surface area contributed by atoms with E-state index in [2.05, 4.69) is 37.2 Å². The number of guanidine groups is 1. The molecular weight excluding hydrogens is 542 g/mol. The lowest BCUT2D eigenvalue weighted by Crippen LogP contribution is -2.29. The smallest absolute Gasteiger partial charge is 0.192 e. The molecule has 8 nitrogen and oxygen atoms in total. The molecule has 2 atom stereocenters. The number of phenolic OH excluding ortho intramolecular Hbond substituents is 2. The molecule has 1 fully saturated rings. The maximum atomic E-state index is 14.0. The van der Waals surface area contributed by atoms with Crippen molar-refractivity contribution in [2.75, 3.05) is 26.6 Å². The topological polar surface area (TPSA) is 126 Å². The van der Waals surface area contributed by atoms with Crippen molar-refractivity contribution < 1.29 is 24.5 Å². The van der Waals surface area contributed by atoms with Crippen LogP contribution >= 0.6 is 0 Å². The number of ketones is 1. The molecule has 1 aliphatic carbocycles. The number of aliphatic imine (C=N–C) groups is 1. The number of allylic oxidation sites excluding steroid dienone is 2. The highest BCUT2D eigenvalue weighted by Crippen LogP contribution is 2.43. The van der Waals surface area contributed by atoms with Crippen LogP contribution < -0.4 is 20.5 Å². The van der Waals surface area contributed by atoms with Gasteiger partial charge in [-0.05, 0) is 84.9 Å². The minimum Gasteiger partial charge on any atom is -0.504 e. The monoisotopic (exact) mass is 593 g/mol. The van der Waals surface area contributed by atoms with E-state index in [9.17, 15) is 15.0 Å². The summed E-state index contributed by atoms with van der Waals surface area (Å²) in [4.78, 5) is 17.9. The number of nitrogens with one attached hydrogen (secondary N) is 1. The molecule has 2 aromatic rings. The van der Waals surface area contributed by atoms with Crippen LogP contribution in [-0.2, 0) is 17.6 Å². The first-order valence-corrected chi connectivity index (χ1v) is 15.5. The van der Waals surface area contributed by atoms with Gasteiger partial charge in [-0.3, -0.25) is 9.79 Å². The Kier molecular flexibility index (Phi) is 12.3. The maximum absolute atomic E-state index is 14.0. The van der Waals surface area contributed by atoms with Crippen LogP contribution in [0, 0.1) is 23.2 Å². The molecule has 5 N–H and O–H groups in total. The molecule has 0 radical (unpaired) electrons. The van der Waals surface area contributed by atoms with Gasteiger partial charge in [0.2, 0.25) is 0 Å². The van der Waals surface area contributed by atoms with Crippen molar-refractivity contribution in [3.63, 3.8) is 0 Å². The molecule has 0 unspecified atom stereocenters. The molecule has 43 heavy (non-hydrogen) atoms. The molecule has 0 aliphatic heterocycles. The fourth-order valence-corrected chi connectivity index (χ4v) is 6.19. The van der Waals surface area contributed by atoms with Gasteiger partial charge in [-0.15, -0.1) is 0 Å². The van der Waals surface area contributed by atoms with E-state index in [0.29, 0.717) is 41.9 Å². The zero-order chi connectivity index (χ0) is 31.6. The van der Waals surface area contributed by atoms with Gasteiger partial charge in [0.1, 0.15) is 0 Å². The largest absolute Gasteiger partial charge is 0.504 e. The summed E-state index contributed by atoms with van der Waals surface area (Å²) < 4.78 is 10.8. The van der Waals surface area contributed by atoms with Crippen LogP contribution in [0.3, 0.4) is 0 Å². The summed E-state index contributed by atoms with van der Waals surface area (Å²) in [6, 6.07) is 9.08. The van der Waals surface area contributed by atoms with Crippen molar-refractivity contribution in [2.45, 2.75) is 78.6 Å². The predicted molar refractivity (Wildman–Crippen MR) is 174 cm³/mol. The molecule has 236 valence electrons. The fraction of sp³-hybridized carbons (Fsp3) is 0.543. The molecule has 0 bridgehead atoms.